The van der Waals surface area contributed by atoms with Gasteiger partial charge in [0.05, 0.1) is 7.11 Å². The van der Waals surface area contributed by atoms with Crippen LogP contribution in [0.4, 0.5) is 0 Å². The summed E-state index contributed by atoms with van der Waals surface area (Å²) in [5.74, 6) is 1.16. The van der Waals surface area contributed by atoms with Gasteiger partial charge in [-0.1, -0.05) is 26.0 Å². The monoisotopic (exact) mass is 320 g/mol. The number of hydrogen-bond acceptors (Lipinski definition) is 3. The number of carbonyl (C=O) groups excluding carboxylic acids is 1. The Morgan fingerprint density at radius 3 is 2.50 bits per heavy atom. The van der Waals surface area contributed by atoms with E-state index < -0.39 is 0 Å². The van der Waals surface area contributed by atoms with Gasteiger partial charge in [0, 0.05) is 24.5 Å². The van der Waals surface area contributed by atoms with Gasteiger partial charge in [-0.3, -0.25) is 9.78 Å². The number of hydrogen-bond donors (Lipinski definition) is 1. The van der Waals surface area contributed by atoms with Crippen molar-refractivity contribution in [3.63, 3.8) is 0 Å². The van der Waals surface area contributed by atoms with Gasteiger partial charge in [-0.15, -0.1) is 12.4 Å². The molecule has 0 bridgehead atoms. The first kappa shape index (κ1) is 18.0. The van der Waals surface area contributed by atoms with E-state index in [1.165, 1.54) is 0 Å². The number of halogens is 1. The first-order chi connectivity index (χ1) is 10.1. The SMILES string of the molecule is COc1ccc(CNC(=O)c2ccncc2)cc1C(C)C.Cl. The van der Waals surface area contributed by atoms with Gasteiger partial charge in [-0.05, 0) is 35.2 Å². The molecule has 118 valence electrons. The maximum atomic E-state index is 12.0. The third-order valence-corrected chi connectivity index (χ3v) is 3.31. The Hall–Kier alpha value is -2.07. The topological polar surface area (TPSA) is 51.2 Å². The lowest BCUT2D eigenvalue weighted by molar-refractivity contribution is 0.0951. The first-order valence-corrected chi connectivity index (χ1v) is 6.97. The Bertz CT molecular complexity index is 615. The maximum absolute atomic E-state index is 12.0. The zero-order valence-electron chi connectivity index (χ0n) is 13.0. The normalized spacial score (nSPS) is 10.0. The Labute approximate surface area is 137 Å². The fourth-order valence-electron chi connectivity index (χ4n) is 2.13. The summed E-state index contributed by atoms with van der Waals surface area (Å²) < 4.78 is 5.36. The fourth-order valence-corrected chi connectivity index (χ4v) is 2.13. The van der Waals surface area contributed by atoms with Crippen LogP contribution >= 0.6 is 12.4 Å². The second-order valence-electron chi connectivity index (χ2n) is 5.15. The zero-order chi connectivity index (χ0) is 15.2. The molecular formula is C17H21ClN2O2. The van der Waals surface area contributed by atoms with Gasteiger partial charge in [0.1, 0.15) is 5.75 Å². The van der Waals surface area contributed by atoms with Crippen molar-refractivity contribution < 1.29 is 9.53 Å². The molecule has 0 spiro atoms. The van der Waals surface area contributed by atoms with Crippen molar-refractivity contribution in [2.75, 3.05) is 7.11 Å². The van der Waals surface area contributed by atoms with E-state index >= 15 is 0 Å². The highest BCUT2D eigenvalue weighted by Crippen LogP contribution is 2.27. The molecule has 0 aliphatic heterocycles. The third-order valence-electron chi connectivity index (χ3n) is 3.31. The molecule has 22 heavy (non-hydrogen) atoms. The van der Waals surface area contributed by atoms with Crippen molar-refractivity contribution in [2.24, 2.45) is 0 Å². The number of nitrogens with one attached hydrogen (secondary N) is 1. The highest BCUT2D eigenvalue weighted by Gasteiger charge is 2.09. The molecule has 2 rings (SSSR count). The molecule has 5 heteroatoms. The van der Waals surface area contributed by atoms with E-state index in [0.717, 1.165) is 16.9 Å². The molecule has 2 aromatic rings. The number of aromatic nitrogens is 1. The largest absolute Gasteiger partial charge is 0.496 e. The molecule has 0 saturated heterocycles. The molecule has 0 unspecified atom stereocenters. The molecular weight excluding hydrogens is 300 g/mol. The van der Waals surface area contributed by atoms with Crippen LogP contribution in [-0.4, -0.2) is 18.0 Å². The number of rotatable bonds is 5. The van der Waals surface area contributed by atoms with E-state index in [-0.39, 0.29) is 18.3 Å². The minimum atomic E-state index is -0.0979. The average Bonchev–Trinajstić information content (AvgIpc) is 2.53. The van der Waals surface area contributed by atoms with E-state index in [1.54, 1.807) is 31.6 Å². The molecule has 0 aliphatic carbocycles. The van der Waals surface area contributed by atoms with Crippen LogP contribution in [0.3, 0.4) is 0 Å². The van der Waals surface area contributed by atoms with E-state index in [2.05, 4.69) is 30.2 Å². The summed E-state index contributed by atoms with van der Waals surface area (Å²) in [5.41, 5.74) is 2.82. The number of pyridine rings is 1. The van der Waals surface area contributed by atoms with Gasteiger partial charge in [-0.25, -0.2) is 0 Å². The van der Waals surface area contributed by atoms with Crippen LogP contribution < -0.4 is 10.1 Å². The molecule has 0 radical (unpaired) electrons. The van der Waals surface area contributed by atoms with Gasteiger partial charge in [0.15, 0.2) is 0 Å². The van der Waals surface area contributed by atoms with Crippen molar-refractivity contribution in [3.8, 4) is 5.75 Å². The smallest absolute Gasteiger partial charge is 0.251 e. The van der Waals surface area contributed by atoms with Crippen molar-refractivity contribution >= 4 is 18.3 Å². The predicted molar refractivity (Wildman–Crippen MR) is 89.7 cm³/mol. The average molecular weight is 321 g/mol. The van der Waals surface area contributed by atoms with Gasteiger partial charge in [0.25, 0.3) is 5.91 Å². The van der Waals surface area contributed by atoms with Crippen molar-refractivity contribution in [2.45, 2.75) is 26.3 Å². The van der Waals surface area contributed by atoms with E-state index in [1.807, 2.05) is 12.1 Å². The lowest BCUT2D eigenvalue weighted by atomic mass is 9.99. The molecule has 1 heterocycles. The summed E-state index contributed by atoms with van der Waals surface area (Å²) in [6.07, 6.45) is 3.22. The molecule has 0 saturated carbocycles. The lowest BCUT2D eigenvalue weighted by Gasteiger charge is -2.14. The van der Waals surface area contributed by atoms with E-state index in [4.69, 9.17) is 4.74 Å². The van der Waals surface area contributed by atoms with Crippen LogP contribution in [0.1, 0.15) is 41.3 Å². The molecule has 0 atom stereocenters. The minimum absolute atomic E-state index is 0. The summed E-state index contributed by atoms with van der Waals surface area (Å²) in [4.78, 5) is 15.9. The number of amides is 1. The summed E-state index contributed by atoms with van der Waals surface area (Å²) in [6, 6.07) is 9.39. The summed E-state index contributed by atoms with van der Waals surface area (Å²) in [6.45, 7) is 4.74. The van der Waals surface area contributed by atoms with Crippen LogP contribution in [0.2, 0.25) is 0 Å². The van der Waals surface area contributed by atoms with Gasteiger partial charge < -0.3 is 10.1 Å². The summed E-state index contributed by atoms with van der Waals surface area (Å²) in [5, 5.41) is 2.91. The van der Waals surface area contributed by atoms with E-state index in [9.17, 15) is 4.79 Å². The Kier molecular flexibility index (Phi) is 6.86. The summed E-state index contributed by atoms with van der Waals surface area (Å²) >= 11 is 0. The Morgan fingerprint density at radius 2 is 1.91 bits per heavy atom. The number of nitrogens with zero attached hydrogens (tertiary/aromatic N) is 1. The lowest BCUT2D eigenvalue weighted by Crippen LogP contribution is -2.22. The minimum Gasteiger partial charge on any atom is -0.496 e. The quantitative estimate of drug-likeness (QED) is 0.916. The highest BCUT2D eigenvalue weighted by atomic mass is 35.5. The first-order valence-electron chi connectivity index (χ1n) is 6.97. The molecule has 4 nitrogen and oxygen atoms in total. The van der Waals surface area contributed by atoms with Crippen molar-refractivity contribution in [3.05, 3.63) is 59.4 Å². The van der Waals surface area contributed by atoms with E-state index in [0.29, 0.717) is 18.0 Å². The van der Waals surface area contributed by atoms with Crippen LogP contribution in [-0.2, 0) is 6.54 Å². The van der Waals surface area contributed by atoms with Crippen LogP contribution in [0.5, 0.6) is 5.75 Å². The maximum Gasteiger partial charge on any atom is 0.251 e. The number of benzene rings is 1. The number of carbonyl (C=O) groups is 1. The number of methoxy groups -OCH3 is 1. The zero-order valence-corrected chi connectivity index (χ0v) is 13.8. The Balaban J connectivity index is 0.00000242. The Morgan fingerprint density at radius 1 is 1.23 bits per heavy atom. The standard InChI is InChI=1S/C17H20N2O2.ClH/c1-12(2)15-10-13(4-5-16(15)21-3)11-19-17(20)14-6-8-18-9-7-14;/h4-10,12H,11H2,1-3H3,(H,19,20);1H. The van der Waals surface area contributed by atoms with Crippen LogP contribution in [0.15, 0.2) is 42.7 Å². The predicted octanol–water partition coefficient (Wildman–Crippen LogP) is 3.57. The number of ether oxygens (including phenoxy) is 1. The second kappa shape index (κ2) is 8.39. The summed E-state index contributed by atoms with van der Waals surface area (Å²) in [7, 11) is 1.67. The van der Waals surface area contributed by atoms with Crippen molar-refractivity contribution in [1.82, 2.24) is 10.3 Å². The second-order valence-corrected chi connectivity index (χ2v) is 5.15. The van der Waals surface area contributed by atoms with Gasteiger partial charge in [-0.2, -0.15) is 0 Å². The van der Waals surface area contributed by atoms with Crippen LogP contribution in [0, 0.1) is 0 Å². The third kappa shape index (κ3) is 4.46. The molecule has 1 amide bonds. The molecule has 1 aromatic heterocycles. The van der Waals surface area contributed by atoms with Gasteiger partial charge in [0.2, 0.25) is 0 Å². The molecule has 1 N–H and O–H groups in total. The molecule has 1 aromatic carbocycles. The molecule has 0 fully saturated rings. The van der Waals surface area contributed by atoms with Gasteiger partial charge >= 0.3 is 0 Å². The fraction of sp³-hybridized carbons (Fsp3) is 0.294. The van der Waals surface area contributed by atoms with Crippen LogP contribution in [0.25, 0.3) is 0 Å². The molecule has 0 aliphatic rings. The van der Waals surface area contributed by atoms with Crippen molar-refractivity contribution in [1.29, 1.82) is 0 Å². The highest BCUT2D eigenvalue weighted by molar-refractivity contribution is 5.93.